The molecule has 0 aliphatic carbocycles. The minimum atomic E-state index is 0.661. The van der Waals surface area contributed by atoms with Crippen LogP contribution in [0.15, 0.2) is 30.3 Å². The number of aromatic nitrogens is 2. The predicted molar refractivity (Wildman–Crippen MR) is 79.9 cm³/mol. The van der Waals surface area contributed by atoms with Gasteiger partial charge in [0.1, 0.15) is 5.82 Å². The number of aryl methyl sites for hydroxylation is 1. The van der Waals surface area contributed by atoms with Crippen molar-refractivity contribution in [2.24, 2.45) is 5.92 Å². The summed E-state index contributed by atoms with van der Waals surface area (Å²) in [7, 11) is 0. The summed E-state index contributed by atoms with van der Waals surface area (Å²) in [4.78, 5) is 8.16. The molecule has 0 aliphatic rings. The molecule has 0 saturated heterocycles. The molecule has 0 atom stereocenters. The topological polar surface area (TPSA) is 40.7 Å². The van der Waals surface area contributed by atoms with Gasteiger partial charge in [-0.25, -0.2) is 4.98 Å². The molecule has 3 heteroatoms. The zero-order valence-corrected chi connectivity index (χ0v) is 12.0. The second-order valence-electron chi connectivity index (χ2n) is 5.25. The van der Waals surface area contributed by atoms with Gasteiger partial charge in [0.05, 0.1) is 12.2 Å². The molecule has 1 aromatic heterocycles. The summed E-state index contributed by atoms with van der Waals surface area (Å²) in [5.41, 5.74) is 3.49. The molecule has 2 aromatic rings. The van der Waals surface area contributed by atoms with Crippen LogP contribution in [0, 0.1) is 5.92 Å². The average Bonchev–Trinajstić information content (AvgIpc) is 2.82. The van der Waals surface area contributed by atoms with Gasteiger partial charge in [0.15, 0.2) is 0 Å². The highest BCUT2D eigenvalue weighted by atomic mass is 15.0. The van der Waals surface area contributed by atoms with Crippen LogP contribution in [-0.4, -0.2) is 16.5 Å². The smallest absolute Gasteiger partial charge is 0.121 e. The van der Waals surface area contributed by atoms with Gasteiger partial charge < -0.3 is 10.3 Å². The number of benzene rings is 1. The van der Waals surface area contributed by atoms with Crippen LogP contribution >= 0.6 is 0 Å². The second kappa shape index (κ2) is 6.53. The molecular formula is C16H23N3. The number of rotatable bonds is 6. The molecule has 0 amide bonds. The Hall–Kier alpha value is -1.61. The molecule has 0 unspecified atom stereocenters. The lowest BCUT2D eigenvalue weighted by Crippen LogP contribution is -2.19. The van der Waals surface area contributed by atoms with Crippen LogP contribution in [0.3, 0.4) is 0 Å². The van der Waals surface area contributed by atoms with Crippen molar-refractivity contribution in [1.29, 1.82) is 0 Å². The minimum Gasteiger partial charge on any atom is -0.344 e. The van der Waals surface area contributed by atoms with Crippen LogP contribution in [0.25, 0.3) is 11.3 Å². The zero-order chi connectivity index (χ0) is 13.7. The third-order valence-corrected chi connectivity index (χ3v) is 3.07. The number of nitrogens with zero attached hydrogens (tertiary/aromatic N) is 1. The number of imidazole rings is 1. The van der Waals surface area contributed by atoms with Gasteiger partial charge in [-0.1, -0.05) is 51.1 Å². The van der Waals surface area contributed by atoms with E-state index in [-0.39, 0.29) is 0 Å². The van der Waals surface area contributed by atoms with Gasteiger partial charge in [0.2, 0.25) is 0 Å². The molecule has 0 fully saturated rings. The standard InChI is InChI=1S/C16H23N3/c1-4-14-16(13-8-6-5-7-9-13)19-15(18-14)11-17-10-12(2)3/h5-9,12,17H,4,10-11H2,1-3H3,(H,18,19). The molecule has 1 heterocycles. The lowest BCUT2D eigenvalue weighted by molar-refractivity contribution is 0.544. The van der Waals surface area contributed by atoms with Crippen molar-refractivity contribution >= 4 is 0 Å². The van der Waals surface area contributed by atoms with E-state index in [1.165, 1.54) is 11.3 Å². The van der Waals surface area contributed by atoms with Gasteiger partial charge >= 0.3 is 0 Å². The van der Waals surface area contributed by atoms with E-state index in [1.807, 2.05) is 6.07 Å². The SMILES string of the molecule is CCc1[nH]c(CNCC(C)C)nc1-c1ccccc1. The van der Waals surface area contributed by atoms with Gasteiger partial charge in [-0.05, 0) is 18.9 Å². The minimum absolute atomic E-state index is 0.661. The lowest BCUT2D eigenvalue weighted by Gasteiger charge is -2.04. The van der Waals surface area contributed by atoms with Gasteiger partial charge in [-0.2, -0.15) is 0 Å². The summed E-state index contributed by atoms with van der Waals surface area (Å²) >= 11 is 0. The highest BCUT2D eigenvalue weighted by molar-refractivity contribution is 5.61. The van der Waals surface area contributed by atoms with E-state index in [0.29, 0.717) is 5.92 Å². The van der Waals surface area contributed by atoms with Crippen molar-refractivity contribution in [2.45, 2.75) is 33.7 Å². The highest BCUT2D eigenvalue weighted by Gasteiger charge is 2.10. The zero-order valence-electron chi connectivity index (χ0n) is 12.0. The van der Waals surface area contributed by atoms with Crippen molar-refractivity contribution < 1.29 is 0 Å². The van der Waals surface area contributed by atoms with Gasteiger partial charge in [-0.15, -0.1) is 0 Å². The highest BCUT2D eigenvalue weighted by Crippen LogP contribution is 2.21. The van der Waals surface area contributed by atoms with Crippen LogP contribution in [0.2, 0.25) is 0 Å². The lowest BCUT2D eigenvalue weighted by atomic mass is 10.1. The summed E-state index contributed by atoms with van der Waals surface area (Å²) in [6, 6.07) is 10.4. The van der Waals surface area contributed by atoms with Gasteiger partial charge in [-0.3, -0.25) is 0 Å². The number of aromatic amines is 1. The Morgan fingerprint density at radius 2 is 1.95 bits per heavy atom. The molecule has 0 spiro atoms. The van der Waals surface area contributed by atoms with E-state index >= 15 is 0 Å². The fraction of sp³-hybridized carbons (Fsp3) is 0.438. The Labute approximate surface area is 115 Å². The van der Waals surface area contributed by atoms with Crippen LogP contribution in [0.1, 0.15) is 32.3 Å². The van der Waals surface area contributed by atoms with E-state index < -0.39 is 0 Å². The van der Waals surface area contributed by atoms with E-state index in [2.05, 4.69) is 55.3 Å². The molecule has 0 saturated carbocycles. The van der Waals surface area contributed by atoms with Crippen molar-refractivity contribution in [3.05, 3.63) is 41.9 Å². The molecule has 2 N–H and O–H groups in total. The largest absolute Gasteiger partial charge is 0.344 e. The maximum atomic E-state index is 4.73. The Morgan fingerprint density at radius 3 is 2.58 bits per heavy atom. The fourth-order valence-electron chi connectivity index (χ4n) is 2.12. The number of hydrogen-bond acceptors (Lipinski definition) is 2. The first-order chi connectivity index (χ1) is 9.20. The molecular weight excluding hydrogens is 234 g/mol. The second-order valence-corrected chi connectivity index (χ2v) is 5.25. The van der Waals surface area contributed by atoms with Crippen molar-refractivity contribution in [3.8, 4) is 11.3 Å². The Morgan fingerprint density at radius 1 is 1.21 bits per heavy atom. The Bertz CT molecular complexity index is 500. The summed E-state index contributed by atoms with van der Waals surface area (Å²) in [5.74, 6) is 1.69. The van der Waals surface area contributed by atoms with Crippen molar-refractivity contribution in [2.75, 3.05) is 6.54 Å². The Balaban J connectivity index is 2.14. The molecule has 0 aliphatic heterocycles. The maximum absolute atomic E-state index is 4.73. The number of hydrogen-bond donors (Lipinski definition) is 2. The van der Waals surface area contributed by atoms with E-state index in [4.69, 9.17) is 4.98 Å². The monoisotopic (exact) mass is 257 g/mol. The van der Waals surface area contributed by atoms with Crippen LogP contribution in [-0.2, 0) is 13.0 Å². The number of H-pyrrole nitrogens is 1. The first-order valence-electron chi connectivity index (χ1n) is 7.04. The summed E-state index contributed by atoms with van der Waals surface area (Å²) in [6.07, 6.45) is 0.974. The van der Waals surface area contributed by atoms with E-state index in [1.54, 1.807) is 0 Å². The number of nitrogens with one attached hydrogen (secondary N) is 2. The Kier molecular flexibility index (Phi) is 4.74. The molecule has 19 heavy (non-hydrogen) atoms. The third kappa shape index (κ3) is 3.67. The molecule has 1 aromatic carbocycles. The average molecular weight is 257 g/mol. The molecule has 102 valence electrons. The summed E-state index contributed by atoms with van der Waals surface area (Å²) in [6.45, 7) is 8.40. The quantitative estimate of drug-likeness (QED) is 0.833. The van der Waals surface area contributed by atoms with Crippen LogP contribution < -0.4 is 5.32 Å². The summed E-state index contributed by atoms with van der Waals surface area (Å²) < 4.78 is 0. The molecule has 0 radical (unpaired) electrons. The van der Waals surface area contributed by atoms with Gasteiger partial charge in [0, 0.05) is 11.3 Å². The van der Waals surface area contributed by atoms with Crippen LogP contribution in [0.5, 0.6) is 0 Å². The van der Waals surface area contributed by atoms with Crippen molar-refractivity contribution in [3.63, 3.8) is 0 Å². The van der Waals surface area contributed by atoms with E-state index in [9.17, 15) is 0 Å². The fourth-order valence-corrected chi connectivity index (χ4v) is 2.12. The predicted octanol–water partition coefficient (Wildman–Crippen LogP) is 3.38. The normalized spacial score (nSPS) is 11.2. The first-order valence-corrected chi connectivity index (χ1v) is 7.04. The summed E-state index contributed by atoms with van der Waals surface area (Å²) in [5, 5.41) is 3.42. The van der Waals surface area contributed by atoms with Crippen molar-refractivity contribution in [1.82, 2.24) is 15.3 Å². The van der Waals surface area contributed by atoms with Gasteiger partial charge in [0.25, 0.3) is 0 Å². The molecule has 0 bridgehead atoms. The molecule has 3 nitrogen and oxygen atoms in total. The first kappa shape index (κ1) is 13.8. The third-order valence-electron chi connectivity index (χ3n) is 3.07. The maximum Gasteiger partial charge on any atom is 0.121 e. The van der Waals surface area contributed by atoms with E-state index in [0.717, 1.165) is 31.0 Å². The molecule has 2 rings (SSSR count). The van der Waals surface area contributed by atoms with Crippen LogP contribution in [0.4, 0.5) is 0 Å².